The molecule has 0 saturated carbocycles. The number of aromatic nitrogens is 1. The van der Waals surface area contributed by atoms with E-state index < -0.39 is 0 Å². The van der Waals surface area contributed by atoms with Gasteiger partial charge in [-0.15, -0.1) is 0 Å². The van der Waals surface area contributed by atoms with Gasteiger partial charge in [0, 0.05) is 28.6 Å². The van der Waals surface area contributed by atoms with Crippen molar-refractivity contribution in [3.63, 3.8) is 0 Å². The van der Waals surface area contributed by atoms with E-state index in [0.717, 1.165) is 16.7 Å². The summed E-state index contributed by atoms with van der Waals surface area (Å²) in [6.45, 7) is 3.52. The molecule has 0 aliphatic heterocycles. The normalized spacial score (nSPS) is 10.7. The number of nitrogens with one attached hydrogen (secondary N) is 2. The van der Waals surface area contributed by atoms with Crippen LogP contribution in [0.5, 0.6) is 0 Å². The maximum Gasteiger partial charge on any atom is 0.304 e. The van der Waals surface area contributed by atoms with Crippen LogP contribution in [0.2, 0.25) is 0 Å². The zero-order chi connectivity index (χ0) is 12.3. The summed E-state index contributed by atoms with van der Waals surface area (Å²) in [5.41, 5.74) is 3.39. The molecule has 0 aliphatic carbocycles. The molecule has 0 aliphatic rings. The van der Waals surface area contributed by atoms with Crippen molar-refractivity contribution >= 4 is 27.3 Å². The zero-order valence-corrected chi connectivity index (χ0v) is 11.8. The van der Waals surface area contributed by atoms with Crippen molar-refractivity contribution in [2.75, 3.05) is 0 Å². The number of aromatic amines is 1. The number of H-pyrrole nitrogens is 1. The summed E-state index contributed by atoms with van der Waals surface area (Å²) in [4.78, 5) is 13.7. The molecule has 2 rings (SSSR count). The number of thiazole rings is 1. The molecule has 0 atom stereocenters. The molecule has 0 fully saturated rings. The van der Waals surface area contributed by atoms with Gasteiger partial charge in [-0.25, -0.2) is 0 Å². The third-order valence-corrected chi connectivity index (χ3v) is 3.87. The molecule has 2 N–H and O–H groups in total. The summed E-state index contributed by atoms with van der Waals surface area (Å²) in [7, 11) is 0. The number of halogens is 1. The van der Waals surface area contributed by atoms with E-state index >= 15 is 0 Å². The third kappa shape index (κ3) is 3.52. The van der Waals surface area contributed by atoms with Gasteiger partial charge in [0.15, 0.2) is 0 Å². The Kier molecular flexibility index (Phi) is 4.15. The van der Waals surface area contributed by atoms with Gasteiger partial charge < -0.3 is 10.3 Å². The van der Waals surface area contributed by atoms with E-state index in [1.165, 1.54) is 22.5 Å². The largest absolute Gasteiger partial charge is 0.315 e. The fourth-order valence-corrected chi connectivity index (χ4v) is 2.74. The van der Waals surface area contributed by atoms with Crippen LogP contribution in [0.1, 0.15) is 16.8 Å². The first kappa shape index (κ1) is 12.5. The first-order chi connectivity index (χ1) is 8.15. The number of rotatable bonds is 4. The van der Waals surface area contributed by atoms with Crippen molar-refractivity contribution in [3.8, 4) is 0 Å². The van der Waals surface area contributed by atoms with E-state index in [2.05, 4.69) is 51.4 Å². The van der Waals surface area contributed by atoms with E-state index in [0.29, 0.717) is 6.54 Å². The molecular weight excluding hydrogens is 300 g/mol. The van der Waals surface area contributed by atoms with Crippen LogP contribution in [0.15, 0.2) is 32.8 Å². The molecule has 0 radical (unpaired) electrons. The van der Waals surface area contributed by atoms with Gasteiger partial charge in [0.05, 0.1) is 0 Å². The van der Waals surface area contributed by atoms with Crippen LogP contribution in [0.3, 0.4) is 0 Å². The number of hydrogen-bond acceptors (Lipinski definition) is 3. The SMILES string of the molecule is Cc1ccc(CNCc2csc(=O)[nH]2)c(Br)c1. The molecule has 17 heavy (non-hydrogen) atoms. The van der Waals surface area contributed by atoms with E-state index in [1.54, 1.807) is 0 Å². The van der Waals surface area contributed by atoms with E-state index in [9.17, 15) is 4.79 Å². The van der Waals surface area contributed by atoms with Crippen LogP contribution in [0, 0.1) is 6.92 Å². The van der Waals surface area contributed by atoms with Crippen LogP contribution in [0.25, 0.3) is 0 Å². The highest BCUT2D eigenvalue weighted by molar-refractivity contribution is 9.10. The van der Waals surface area contributed by atoms with E-state index in [1.807, 2.05) is 5.38 Å². The van der Waals surface area contributed by atoms with Crippen molar-refractivity contribution in [3.05, 3.63) is 54.5 Å². The maximum absolute atomic E-state index is 10.9. The Bertz CT molecular complexity index is 562. The second-order valence-corrected chi connectivity index (χ2v) is 5.57. The molecule has 0 saturated heterocycles. The summed E-state index contributed by atoms with van der Waals surface area (Å²) in [6.07, 6.45) is 0. The lowest BCUT2D eigenvalue weighted by atomic mass is 10.1. The van der Waals surface area contributed by atoms with Gasteiger partial charge in [-0.2, -0.15) is 0 Å². The Morgan fingerprint density at radius 1 is 1.41 bits per heavy atom. The number of hydrogen-bond donors (Lipinski definition) is 2. The number of benzene rings is 1. The van der Waals surface area contributed by atoms with Gasteiger partial charge in [-0.05, 0) is 24.1 Å². The van der Waals surface area contributed by atoms with Gasteiger partial charge >= 0.3 is 4.87 Å². The average molecular weight is 313 g/mol. The highest BCUT2D eigenvalue weighted by atomic mass is 79.9. The van der Waals surface area contributed by atoms with Crippen molar-refractivity contribution in [2.24, 2.45) is 0 Å². The Morgan fingerprint density at radius 2 is 2.24 bits per heavy atom. The fraction of sp³-hybridized carbons (Fsp3) is 0.250. The average Bonchev–Trinajstić information content (AvgIpc) is 2.68. The quantitative estimate of drug-likeness (QED) is 0.912. The summed E-state index contributed by atoms with van der Waals surface area (Å²) in [6, 6.07) is 6.29. The molecule has 1 aromatic heterocycles. The zero-order valence-electron chi connectivity index (χ0n) is 9.42. The first-order valence-corrected chi connectivity index (χ1v) is 6.95. The van der Waals surface area contributed by atoms with Crippen LogP contribution in [-0.4, -0.2) is 4.98 Å². The number of aryl methyl sites for hydroxylation is 1. The molecule has 1 aromatic carbocycles. The summed E-state index contributed by atoms with van der Waals surface area (Å²) >= 11 is 4.74. The predicted molar refractivity (Wildman–Crippen MR) is 74.4 cm³/mol. The Morgan fingerprint density at radius 3 is 2.88 bits per heavy atom. The molecular formula is C12H13BrN2OS. The topological polar surface area (TPSA) is 44.9 Å². The van der Waals surface area contributed by atoms with Gasteiger partial charge in [0.25, 0.3) is 0 Å². The Balaban J connectivity index is 1.92. The molecule has 2 aromatic rings. The second-order valence-electron chi connectivity index (χ2n) is 3.87. The molecule has 5 heteroatoms. The van der Waals surface area contributed by atoms with Crippen molar-refractivity contribution < 1.29 is 0 Å². The summed E-state index contributed by atoms with van der Waals surface area (Å²) in [5.74, 6) is 0. The minimum atomic E-state index is -0.00156. The second kappa shape index (κ2) is 5.62. The highest BCUT2D eigenvalue weighted by Gasteiger charge is 2.00. The summed E-state index contributed by atoms with van der Waals surface area (Å²) < 4.78 is 1.11. The fourth-order valence-electron chi connectivity index (χ4n) is 1.53. The van der Waals surface area contributed by atoms with Crippen LogP contribution in [0.4, 0.5) is 0 Å². The molecule has 0 amide bonds. The van der Waals surface area contributed by atoms with Crippen LogP contribution in [-0.2, 0) is 13.1 Å². The van der Waals surface area contributed by atoms with Gasteiger partial charge in [-0.1, -0.05) is 39.4 Å². The minimum Gasteiger partial charge on any atom is -0.315 e. The predicted octanol–water partition coefficient (Wildman–Crippen LogP) is 2.80. The summed E-state index contributed by atoms with van der Waals surface area (Å²) in [5, 5.41) is 5.14. The molecule has 1 heterocycles. The molecule has 3 nitrogen and oxygen atoms in total. The van der Waals surface area contributed by atoms with Gasteiger partial charge in [0.1, 0.15) is 0 Å². The lowest BCUT2D eigenvalue weighted by Gasteiger charge is -2.06. The molecule has 90 valence electrons. The first-order valence-electron chi connectivity index (χ1n) is 5.27. The highest BCUT2D eigenvalue weighted by Crippen LogP contribution is 2.18. The van der Waals surface area contributed by atoms with E-state index in [4.69, 9.17) is 0 Å². The Labute approximate surface area is 112 Å². The van der Waals surface area contributed by atoms with Crippen molar-refractivity contribution in [2.45, 2.75) is 20.0 Å². The molecule has 0 unspecified atom stereocenters. The van der Waals surface area contributed by atoms with E-state index in [-0.39, 0.29) is 4.87 Å². The maximum atomic E-state index is 10.9. The lowest BCUT2D eigenvalue weighted by Crippen LogP contribution is -2.14. The smallest absolute Gasteiger partial charge is 0.304 e. The third-order valence-electron chi connectivity index (χ3n) is 2.41. The monoisotopic (exact) mass is 312 g/mol. The lowest BCUT2D eigenvalue weighted by molar-refractivity contribution is 0.680. The van der Waals surface area contributed by atoms with Crippen molar-refractivity contribution in [1.29, 1.82) is 0 Å². The minimum absolute atomic E-state index is 0.00156. The van der Waals surface area contributed by atoms with Gasteiger partial charge in [-0.3, -0.25) is 4.79 Å². The van der Waals surface area contributed by atoms with Crippen LogP contribution >= 0.6 is 27.3 Å². The Hall–Kier alpha value is -0.910. The van der Waals surface area contributed by atoms with Crippen LogP contribution < -0.4 is 10.2 Å². The van der Waals surface area contributed by atoms with Crippen molar-refractivity contribution in [1.82, 2.24) is 10.3 Å². The molecule has 0 bridgehead atoms. The molecule has 0 spiro atoms. The standard InChI is InChI=1S/C12H13BrN2OS/c1-8-2-3-9(11(13)4-8)5-14-6-10-7-17-12(16)15-10/h2-4,7,14H,5-6H2,1H3,(H,15,16). The van der Waals surface area contributed by atoms with Gasteiger partial charge in [0.2, 0.25) is 0 Å².